The van der Waals surface area contributed by atoms with E-state index in [-0.39, 0.29) is 47.2 Å². The molecule has 5 fully saturated rings. The van der Waals surface area contributed by atoms with E-state index in [2.05, 4.69) is 11.4 Å². The first-order valence-corrected chi connectivity index (χ1v) is 13.8. The lowest BCUT2D eigenvalue weighted by Crippen LogP contribution is -2.54. The van der Waals surface area contributed by atoms with Crippen LogP contribution in [0.1, 0.15) is 56.1 Å². The summed E-state index contributed by atoms with van der Waals surface area (Å²) in [6.07, 6.45) is 2.02. The highest BCUT2D eigenvalue weighted by Crippen LogP contribution is 2.56. The molecule has 5 aliphatic rings. The van der Waals surface area contributed by atoms with Gasteiger partial charge in [0.05, 0.1) is 41.0 Å². The molecule has 7 atom stereocenters. The third-order valence-electron chi connectivity index (χ3n) is 9.88. The number of nitrogens with one attached hydrogen (secondary N) is 1. The highest BCUT2D eigenvalue weighted by atomic mass is 19.4. The van der Waals surface area contributed by atoms with Gasteiger partial charge >= 0.3 is 6.18 Å². The van der Waals surface area contributed by atoms with Crippen molar-refractivity contribution in [3.05, 3.63) is 29.3 Å². The van der Waals surface area contributed by atoms with Crippen molar-refractivity contribution in [2.45, 2.75) is 81.4 Å². The SMILES string of the molecule is CO[C@@H]1COCC[C@@H]1N[C@@H]1C[C@H]2CCC[C@@]2(C(=O)N2C[C@H]3C[C@H]2CN3c2cc(C(F)(F)F)ccc2C#N)C1. The molecule has 1 aromatic rings. The standard InChI is InChI=1S/C28H35F3N4O3/c1-37-25-16-38-8-6-23(25)33-20-9-18-3-2-7-27(18,12-20)26(36)35-15-21-11-22(35)14-34(21)24-10-19(28(29,30)31)5-4-17(24)13-32/h4-5,10,18,20-23,25,33H,2-3,6-9,11-12,14-16H2,1H3/t18-,20-,21-,22+,23+,25-,27-/m1/s1. The van der Waals surface area contributed by atoms with Gasteiger partial charge in [-0.25, -0.2) is 0 Å². The second-order valence-corrected chi connectivity index (χ2v) is 11.8. The Morgan fingerprint density at radius 1 is 1.24 bits per heavy atom. The Bertz CT molecular complexity index is 1120. The summed E-state index contributed by atoms with van der Waals surface area (Å²) in [6.45, 7) is 2.26. The Balaban J connectivity index is 1.16. The maximum atomic E-state index is 14.2. The zero-order chi connectivity index (χ0) is 26.7. The fourth-order valence-electron chi connectivity index (χ4n) is 8.09. The number of nitrogens with zero attached hydrogens (tertiary/aromatic N) is 3. The van der Waals surface area contributed by atoms with E-state index in [4.69, 9.17) is 9.47 Å². The lowest BCUT2D eigenvalue weighted by atomic mass is 9.78. The van der Waals surface area contributed by atoms with E-state index >= 15 is 0 Å². The van der Waals surface area contributed by atoms with Gasteiger partial charge in [-0.2, -0.15) is 18.4 Å². The first kappa shape index (κ1) is 25.9. The number of fused-ring (bicyclic) bond motifs is 3. The minimum absolute atomic E-state index is 0.0188. The number of halogens is 3. The molecule has 0 unspecified atom stereocenters. The molecule has 1 N–H and O–H groups in total. The Labute approximate surface area is 221 Å². The van der Waals surface area contributed by atoms with Gasteiger partial charge in [0.1, 0.15) is 6.07 Å². The van der Waals surface area contributed by atoms with Crippen LogP contribution in [0, 0.1) is 22.7 Å². The molecule has 1 aromatic carbocycles. The number of likely N-dealkylation sites (tertiary alicyclic amines) is 1. The molecule has 2 aliphatic carbocycles. The predicted octanol–water partition coefficient (Wildman–Crippen LogP) is 3.71. The topological polar surface area (TPSA) is 77.8 Å². The van der Waals surface area contributed by atoms with Gasteiger partial charge < -0.3 is 24.6 Å². The number of hydrogen-bond donors (Lipinski definition) is 1. The van der Waals surface area contributed by atoms with Crippen molar-refractivity contribution in [3.63, 3.8) is 0 Å². The van der Waals surface area contributed by atoms with Crippen LogP contribution in [-0.2, 0) is 20.4 Å². The number of amides is 1. The predicted molar refractivity (Wildman–Crippen MR) is 133 cm³/mol. The highest BCUT2D eigenvalue weighted by Gasteiger charge is 2.59. The van der Waals surface area contributed by atoms with E-state index < -0.39 is 11.7 Å². The number of benzene rings is 1. The number of nitriles is 1. The minimum atomic E-state index is -4.47. The molecule has 38 heavy (non-hydrogen) atoms. The van der Waals surface area contributed by atoms with Crippen LogP contribution in [0.5, 0.6) is 0 Å². The molecule has 6 rings (SSSR count). The number of hydrogen-bond acceptors (Lipinski definition) is 6. The summed E-state index contributed by atoms with van der Waals surface area (Å²) in [5.74, 6) is 0.591. The second-order valence-electron chi connectivity index (χ2n) is 11.8. The number of ether oxygens (including phenoxy) is 2. The zero-order valence-corrected chi connectivity index (χ0v) is 21.7. The van der Waals surface area contributed by atoms with E-state index in [1.165, 1.54) is 6.07 Å². The summed E-state index contributed by atoms with van der Waals surface area (Å²) in [5.41, 5.74) is -0.535. The van der Waals surface area contributed by atoms with Crippen LogP contribution in [0.15, 0.2) is 18.2 Å². The van der Waals surface area contributed by atoms with E-state index in [9.17, 15) is 23.2 Å². The van der Waals surface area contributed by atoms with Crippen LogP contribution in [-0.4, -0.2) is 74.5 Å². The van der Waals surface area contributed by atoms with Crippen LogP contribution in [0.25, 0.3) is 0 Å². The zero-order valence-electron chi connectivity index (χ0n) is 21.7. The molecule has 2 saturated carbocycles. The molecule has 3 heterocycles. The minimum Gasteiger partial charge on any atom is -0.379 e. The molecule has 3 saturated heterocycles. The molecule has 206 valence electrons. The van der Waals surface area contributed by atoms with Crippen LogP contribution in [0.2, 0.25) is 0 Å². The van der Waals surface area contributed by atoms with Gasteiger partial charge in [0, 0.05) is 44.9 Å². The summed E-state index contributed by atoms with van der Waals surface area (Å²) in [4.78, 5) is 18.1. The molecule has 2 bridgehead atoms. The largest absolute Gasteiger partial charge is 0.416 e. The van der Waals surface area contributed by atoms with Crippen molar-refractivity contribution < 1.29 is 27.4 Å². The van der Waals surface area contributed by atoms with Crippen molar-refractivity contribution in [3.8, 4) is 6.07 Å². The molecule has 0 spiro atoms. The monoisotopic (exact) mass is 532 g/mol. The normalized spacial score (nSPS) is 36.5. The average Bonchev–Trinajstić information content (AvgIpc) is 3.67. The Morgan fingerprint density at radius 2 is 2.08 bits per heavy atom. The van der Waals surface area contributed by atoms with Crippen LogP contribution in [0.4, 0.5) is 18.9 Å². The Morgan fingerprint density at radius 3 is 2.79 bits per heavy atom. The third kappa shape index (κ3) is 4.27. The van der Waals surface area contributed by atoms with Gasteiger partial charge in [0.25, 0.3) is 0 Å². The van der Waals surface area contributed by atoms with E-state index in [0.29, 0.717) is 37.9 Å². The van der Waals surface area contributed by atoms with Crippen molar-refractivity contribution in [1.29, 1.82) is 5.26 Å². The summed E-state index contributed by atoms with van der Waals surface area (Å²) < 4.78 is 51.4. The second kappa shape index (κ2) is 9.68. The van der Waals surface area contributed by atoms with Crippen LogP contribution < -0.4 is 10.2 Å². The molecular weight excluding hydrogens is 497 g/mol. The van der Waals surface area contributed by atoms with Crippen molar-refractivity contribution in [2.24, 2.45) is 11.3 Å². The van der Waals surface area contributed by atoms with E-state index in [1.54, 1.807) is 7.11 Å². The van der Waals surface area contributed by atoms with Gasteiger partial charge in [-0.15, -0.1) is 0 Å². The summed E-state index contributed by atoms with van der Waals surface area (Å²) in [7, 11) is 1.72. The highest BCUT2D eigenvalue weighted by molar-refractivity contribution is 5.85. The first-order valence-electron chi connectivity index (χ1n) is 13.8. The fourth-order valence-corrected chi connectivity index (χ4v) is 8.09. The maximum Gasteiger partial charge on any atom is 0.416 e. The lowest BCUT2D eigenvalue weighted by Gasteiger charge is -2.41. The average molecular weight is 533 g/mol. The lowest BCUT2D eigenvalue weighted by molar-refractivity contribution is -0.144. The van der Waals surface area contributed by atoms with Gasteiger partial charge in [0.2, 0.25) is 5.91 Å². The molecule has 10 heteroatoms. The van der Waals surface area contributed by atoms with Crippen molar-refractivity contribution in [1.82, 2.24) is 10.2 Å². The quantitative estimate of drug-likeness (QED) is 0.623. The van der Waals surface area contributed by atoms with Crippen molar-refractivity contribution >= 4 is 11.6 Å². The van der Waals surface area contributed by atoms with E-state index in [0.717, 1.165) is 57.1 Å². The number of anilines is 1. The fraction of sp³-hybridized carbons (Fsp3) is 0.714. The third-order valence-corrected chi connectivity index (χ3v) is 9.88. The maximum absolute atomic E-state index is 14.2. The number of alkyl halides is 3. The van der Waals surface area contributed by atoms with E-state index in [1.807, 2.05) is 9.80 Å². The summed E-state index contributed by atoms with van der Waals surface area (Å²) in [5, 5.41) is 13.4. The summed E-state index contributed by atoms with van der Waals surface area (Å²) >= 11 is 0. The summed E-state index contributed by atoms with van der Waals surface area (Å²) in [6, 6.07) is 5.75. The number of rotatable bonds is 5. The number of piperazine rings is 1. The molecule has 3 aliphatic heterocycles. The van der Waals surface area contributed by atoms with Crippen LogP contribution >= 0.6 is 0 Å². The number of methoxy groups -OCH3 is 1. The van der Waals surface area contributed by atoms with Crippen molar-refractivity contribution in [2.75, 3.05) is 38.3 Å². The molecule has 0 aromatic heterocycles. The smallest absolute Gasteiger partial charge is 0.379 e. The molecule has 1 amide bonds. The van der Waals surface area contributed by atoms with Gasteiger partial charge in [-0.1, -0.05) is 6.42 Å². The molecular formula is C28H35F3N4O3. The number of carbonyl (C=O) groups is 1. The number of carbonyl (C=O) groups excluding carboxylic acids is 1. The first-order chi connectivity index (χ1) is 18.2. The molecule has 7 nitrogen and oxygen atoms in total. The van der Waals surface area contributed by atoms with Gasteiger partial charge in [0.15, 0.2) is 0 Å². The van der Waals surface area contributed by atoms with Crippen LogP contribution in [0.3, 0.4) is 0 Å². The van der Waals surface area contributed by atoms with Gasteiger partial charge in [-0.05, 0) is 62.6 Å². The Kier molecular flexibility index (Phi) is 6.60. The van der Waals surface area contributed by atoms with Gasteiger partial charge in [-0.3, -0.25) is 4.79 Å². The molecule has 0 radical (unpaired) electrons. The Hall–Kier alpha value is -2.35.